The first kappa shape index (κ1) is 11.2. The van der Waals surface area contributed by atoms with Crippen molar-refractivity contribution in [1.29, 1.82) is 0 Å². The third-order valence-electron chi connectivity index (χ3n) is 6.06. The molecule has 0 aromatic carbocycles. The van der Waals surface area contributed by atoms with Gasteiger partial charge >= 0.3 is 0 Å². The molecule has 1 nitrogen and oxygen atoms in total. The van der Waals surface area contributed by atoms with Crippen LogP contribution in [0.3, 0.4) is 0 Å². The topological polar surface area (TPSA) is 20.2 Å². The Morgan fingerprint density at radius 1 is 1.40 bits per heavy atom. The SMILES string of the molecule is C=C[C@@H](C)[C@]1(O)C[C@H]2CC[C@]1(C)C2(C)C. The van der Waals surface area contributed by atoms with E-state index in [9.17, 15) is 5.11 Å². The van der Waals surface area contributed by atoms with E-state index in [-0.39, 0.29) is 16.7 Å². The van der Waals surface area contributed by atoms with E-state index in [0.29, 0.717) is 5.92 Å². The van der Waals surface area contributed by atoms with Crippen molar-refractivity contribution in [3.8, 4) is 0 Å². The van der Waals surface area contributed by atoms with Crippen molar-refractivity contribution >= 4 is 0 Å². The molecule has 86 valence electrons. The lowest BCUT2D eigenvalue weighted by Crippen LogP contribution is -2.51. The van der Waals surface area contributed by atoms with Crippen molar-refractivity contribution in [2.45, 2.75) is 52.6 Å². The second-order valence-electron chi connectivity index (χ2n) is 6.44. The first-order valence-electron chi connectivity index (χ1n) is 6.14. The zero-order valence-corrected chi connectivity index (χ0v) is 10.5. The van der Waals surface area contributed by atoms with Gasteiger partial charge in [0.25, 0.3) is 0 Å². The Kier molecular flexibility index (Phi) is 2.15. The standard InChI is InChI=1S/C14H24O/c1-6-10(2)14(15)9-11-7-8-13(14,5)12(11,3)4/h6,10-11,15H,1,7-9H2,2-5H3/t10-,11-,13-,14-/m1/s1. The first-order valence-corrected chi connectivity index (χ1v) is 6.14. The van der Waals surface area contributed by atoms with Gasteiger partial charge in [-0.3, -0.25) is 0 Å². The molecular formula is C14H24O. The average Bonchev–Trinajstić information content (AvgIpc) is 2.48. The van der Waals surface area contributed by atoms with E-state index in [1.165, 1.54) is 12.8 Å². The van der Waals surface area contributed by atoms with Crippen LogP contribution in [0.2, 0.25) is 0 Å². The van der Waals surface area contributed by atoms with Crippen LogP contribution >= 0.6 is 0 Å². The average molecular weight is 208 g/mol. The Morgan fingerprint density at radius 3 is 2.33 bits per heavy atom. The summed E-state index contributed by atoms with van der Waals surface area (Å²) < 4.78 is 0. The van der Waals surface area contributed by atoms with E-state index < -0.39 is 5.60 Å². The summed E-state index contributed by atoms with van der Waals surface area (Å²) in [7, 11) is 0. The van der Waals surface area contributed by atoms with Gasteiger partial charge in [-0.15, -0.1) is 6.58 Å². The summed E-state index contributed by atoms with van der Waals surface area (Å²) in [5.41, 5.74) is -0.182. The summed E-state index contributed by atoms with van der Waals surface area (Å²) in [6, 6.07) is 0. The van der Waals surface area contributed by atoms with Gasteiger partial charge in [-0.2, -0.15) is 0 Å². The first-order chi connectivity index (χ1) is 6.79. The smallest absolute Gasteiger partial charge is 0.0768 e. The number of aliphatic hydroxyl groups is 1. The summed E-state index contributed by atoms with van der Waals surface area (Å²) in [4.78, 5) is 0. The van der Waals surface area contributed by atoms with Crippen LogP contribution in [0, 0.1) is 22.7 Å². The van der Waals surface area contributed by atoms with Gasteiger partial charge in [0.2, 0.25) is 0 Å². The van der Waals surface area contributed by atoms with Gasteiger partial charge in [-0.1, -0.05) is 33.8 Å². The van der Waals surface area contributed by atoms with Gasteiger partial charge in [0.05, 0.1) is 5.60 Å². The van der Waals surface area contributed by atoms with E-state index in [2.05, 4.69) is 34.3 Å². The Labute approximate surface area is 93.6 Å². The molecule has 2 saturated carbocycles. The minimum absolute atomic E-state index is 0.0677. The summed E-state index contributed by atoms with van der Waals surface area (Å²) in [6.45, 7) is 12.9. The molecule has 2 bridgehead atoms. The number of hydrogen-bond donors (Lipinski definition) is 1. The highest BCUT2D eigenvalue weighted by atomic mass is 16.3. The predicted molar refractivity (Wildman–Crippen MR) is 63.5 cm³/mol. The van der Waals surface area contributed by atoms with Gasteiger partial charge < -0.3 is 5.11 Å². The molecule has 0 aliphatic heterocycles. The molecule has 2 rings (SSSR count). The van der Waals surface area contributed by atoms with Crippen molar-refractivity contribution < 1.29 is 5.11 Å². The fraction of sp³-hybridized carbons (Fsp3) is 0.857. The lowest BCUT2D eigenvalue weighted by molar-refractivity contribution is -0.113. The van der Waals surface area contributed by atoms with E-state index in [1.807, 2.05) is 6.08 Å². The lowest BCUT2D eigenvalue weighted by atomic mass is 9.61. The molecule has 1 N–H and O–H groups in total. The highest BCUT2D eigenvalue weighted by Gasteiger charge is 2.69. The molecule has 2 aliphatic carbocycles. The van der Waals surface area contributed by atoms with E-state index >= 15 is 0 Å². The van der Waals surface area contributed by atoms with E-state index in [1.54, 1.807) is 0 Å². The second-order valence-corrected chi connectivity index (χ2v) is 6.44. The van der Waals surface area contributed by atoms with Crippen LogP contribution in [-0.4, -0.2) is 10.7 Å². The Hall–Kier alpha value is -0.300. The fourth-order valence-corrected chi connectivity index (χ4v) is 4.21. The minimum atomic E-state index is -0.527. The maximum absolute atomic E-state index is 11.0. The third-order valence-corrected chi connectivity index (χ3v) is 6.06. The maximum Gasteiger partial charge on any atom is 0.0768 e. The zero-order valence-electron chi connectivity index (χ0n) is 10.5. The normalized spacial score (nSPS) is 49.3. The van der Waals surface area contributed by atoms with Crippen molar-refractivity contribution in [2.75, 3.05) is 0 Å². The van der Waals surface area contributed by atoms with Crippen LogP contribution in [0.5, 0.6) is 0 Å². The van der Waals surface area contributed by atoms with Gasteiger partial charge in [0.15, 0.2) is 0 Å². The Morgan fingerprint density at radius 2 is 2.00 bits per heavy atom. The molecule has 2 fully saturated rings. The highest BCUT2D eigenvalue weighted by Crippen LogP contribution is 2.71. The molecule has 0 radical (unpaired) electrons. The van der Waals surface area contributed by atoms with Crippen molar-refractivity contribution in [1.82, 2.24) is 0 Å². The van der Waals surface area contributed by atoms with Crippen LogP contribution < -0.4 is 0 Å². The van der Waals surface area contributed by atoms with Crippen LogP contribution in [0.4, 0.5) is 0 Å². The maximum atomic E-state index is 11.0. The molecule has 4 atom stereocenters. The van der Waals surface area contributed by atoms with E-state index in [4.69, 9.17) is 0 Å². The number of rotatable bonds is 2. The van der Waals surface area contributed by atoms with Crippen LogP contribution in [0.1, 0.15) is 47.0 Å². The summed E-state index contributed by atoms with van der Waals surface area (Å²) in [5, 5.41) is 11.0. The van der Waals surface area contributed by atoms with Crippen molar-refractivity contribution in [3.05, 3.63) is 12.7 Å². The molecule has 0 amide bonds. The molecule has 0 spiro atoms. The molecular weight excluding hydrogens is 184 g/mol. The summed E-state index contributed by atoms with van der Waals surface area (Å²) in [6.07, 6.45) is 5.33. The molecule has 0 saturated heterocycles. The minimum Gasteiger partial charge on any atom is -0.389 e. The predicted octanol–water partition coefficient (Wildman–Crippen LogP) is 3.39. The molecule has 0 aromatic rings. The van der Waals surface area contributed by atoms with E-state index in [0.717, 1.165) is 6.42 Å². The lowest BCUT2D eigenvalue weighted by Gasteiger charge is -2.48. The second kappa shape index (κ2) is 2.88. The largest absolute Gasteiger partial charge is 0.389 e. The Bertz CT molecular complexity index is 294. The van der Waals surface area contributed by atoms with Gasteiger partial charge in [-0.25, -0.2) is 0 Å². The number of fused-ring (bicyclic) bond motifs is 2. The van der Waals surface area contributed by atoms with Crippen LogP contribution in [0.25, 0.3) is 0 Å². The molecule has 15 heavy (non-hydrogen) atoms. The Balaban J connectivity index is 2.45. The quantitative estimate of drug-likeness (QED) is 0.690. The van der Waals surface area contributed by atoms with Crippen LogP contribution in [0.15, 0.2) is 12.7 Å². The van der Waals surface area contributed by atoms with Crippen LogP contribution in [-0.2, 0) is 0 Å². The van der Waals surface area contributed by atoms with Crippen molar-refractivity contribution in [3.63, 3.8) is 0 Å². The monoisotopic (exact) mass is 208 g/mol. The number of hydrogen-bond acceptors (Lipinski definition) is 1. The third kappa shape index (κ3) is 1.03. The molecule has 1 heteroatoms. The van der Waals surface area contributed by atoms with Gasteiger partial charge in [0, 0.05) is 11.3 Å². The van der Waals surface area contributed by atoms with Gasteiger partial charge in [0.1, 0.15) is 0 Å². The molecule has 0 aromatic heterocycles. The summed E-state index contributed by atoms with van der Waals surface area (Å²) >= 11 is 0. The molecule has 2 aliphatic rings. The molecule has 0 heterocycles. The highest BCUT2D eigenvalue weighted by molar-refractivity contribution is 5.20. The molecule has 0 unspecified atom stereocenters. The summed E-state index contributed by atoms with van der Waals surface area (Å²) in [5.74, 6) is 0.891. The van der Waals surface area contributed by atoms with Crippen molar-refractivity contribution in [2.24, 2.45) is 22.7 Å². The van der Waals surface area contributed by atoms with Gasteiger partial charge in [-0.05, 0) is 30.6 Å². The zero-order chi connectivity index (χ0) is 11.5. The fourth-order valence-electron chi connectivity index (χ4n) is 4.21.